The van der Waals surface area contributed by atoms with E-state index in [9.17, 15) is 4.79 Å². The molecule has 0 radical (unpaired) electrons. The first-order chi connectivity index (χ1) is 12.2. The van der Waals surface area contributed by atoms with Crippen molar-refractivity contribution in [1.29, 1.82) is 0 Å². The highest BCUT2D eigenvalue weighted by molar-refractivity contribution is 5.88. The third-order valence-corrected chi connectivity index (χ3v) is 4.22. The fourth-order valence-electron chi connectivity index (χ4n) is 3.00. The van der Waals surface area contributed by atoms with E-state index in [1.54, 1.807) is 7.11 Å². The molecule has 0 spiro atoms. The number of rotatable bonds is 5. The van der Waals surface area contributed by atoms with Gasteiger partial charge in [-0.2, -0.15) is 0 Å². The first-order valence-corrected chi connectivity index (χ1v) is 8.44. The van der Waals surface area contributed by atoms with E-state index in [0.717, 1.165) is 28.2 Å². The van der Waals surface area contributed by atoms with Gasteiger partial charge in [0.25, 0.3) is 0 Å². The number of ether oxygens (including phenoxy) is 3. The van der Waals surface area contributed by atoms with Crippen LogP contribution in [0.2, 0.25) is 0 Å². The normalized spacial score (nSPS) is 17.5. The van der Waals surface area contributed by atoms with Crippen molar-refractivity contribution in [2.45, 2.75) is 13.3 Å². The summed E-state index contributed by atoms with van der Waals surface area (Å²) in [5.74, 6) is 1.31. The van der Waals surface area contributed by atoms with E-state index in [-0.39, 0.29) is 11.9 Å². The van der Waals surface area contributed by atoms with Crippen molar-refractivity contribution in [3.8, 4) is 11.5 Å². The summed E-state index contributed by atoms with van der Waals surface area (Å²) in [5.41, 5.74) is 3.12. The van der Waals surface area contributed by atoms with E-state index < -0.39 is 0 Å². The molecule has 25 heavy (non-hydrogen) atoms. The molecule has 1 aliphatic rings. The van der Waals surface area contributed by atoms with E-state index in [4.69, 9.17) is 14.2 Å². The van der Waals surface area contributed by atoms with Crippen molar-refractivity contribution in [1.82, 2.24) is 0 Å². The Balaban J connectivity index is 2.01. The summed E-state index contributed by atoms with van der Waals surface area (Å²) >= 11 is 0. The number of methoxy groups -OCH3 is 1. The van der Waals surface area contributed by atoms with Gasteiger partial charge < -0.3 is 14.2 Å². The van der Waals surface area contributed by atoms with Gasteiger partial charge in [0.15, 0.2) is 0 Å². The van der Waals surface area contributed by atoms with Crippen LogP contribution in [0.5, 0.6) is 11.5 Å². The van der Waals surface area contributed by atoms with Crippen LogP contribution in [0.1, 0.15) is 24.5 Å². The Morgan fingerprint density at radius 1 is 1.24 bits per heavy atom. The van der Waals surface area contributed by atoms with Gasteiger partial charge in [-0.15, -0.1) is 0 Å². The van der Waals surface area contributed by atoms with Crippen LogP contribution in [0.25, 0.3) is 11.6 Å². The van der Waals surface area contributed by atoms with Crippen LogP contribution >= 0.6 is 0 Å². The number of hydrogen-bond donors (Lipinski definition) is 0. The summed E-state index contributed by atoms with van der Waals surface area (Å²) in [6.07, 6.45) is 2.41. The molecular formula is C21H22O4. The minimum atomic E-state index is -0.207. The standard InChI is InChI=1S/C21H22O4/c1-3-24-21(22)12-16-14-25-20-10-9-17(23-2)13-19(20)18(16)11-15-7-5-4-6-8-15/h4-11,13,16H,3,12,14H2,1-2H3/b18-11-. The summed E-state index contributed by atoms with van der Waals surface area (Å²) < 4.78 is 16.4. The van der Waals surface area contributed by atoms with Gasteiger partial charge in [0.2, 0.25) is 0 Å². The number of carbonyl (C=O) groups is 1. The first kappa shape index (κ1) is 17.1. The highest BCUT2D eigenvalue weighted by Crippen LogP contribution is 2.41. The van der Waals surface area contributed by atoms with Crippen LogP contribution in [-0.4, -0.2) is 26.3 Å². The molecule has 1 unspecified atom stereocenters. The minimum absolute atomic E-state index is 0.0566. The van der Waals surface area contributed by atoms with E-state index in [1.807, 2.05) is 55.5 Å². The molecule has 4 nitrogen and oxygen atoms in total. The zero-order chi connectivity index (χ0) is 17.6. The van der Waals surface area contributed by atoms with Crippen LogP contribution in [0, 0.1) is 5.92 Å². The molecule has 130 valence electrons. The van der Waals surface area contributed by atoms with E-state index in [0.29, 0.717) is 19.6 Å². The zero-order valence-electron chi connectivity index (χ0n) is 14.5. The highest BCUT2D eigenvalue weighted by atomic mass is 16.5. The number of benzene rings is 2. The summed E-state index contributed by atoms with van der Waals surface area (Å²) in [7, 11) is 1.64. The van der Waals surface area contributed by atoms with Crippen molar-refractivity contribution in [3.63, 3.8) is 0 Å². The molecule has 1 aliphatic heterocycles. The van der Waals surface area contributed by atoms with Gasteiger partial charge in [0.05, 0.1) is 26.7 Å². The molecule has 1 heterocycles. The van der Waals surface area contributed by atoms with Gasteiger partial charge >= 0.3 is 5.97 Å². The van der Waals surface area contributed by atoms with Crippen LogP contribution < -0.4 is 9.47 Å². The van der Waals surface area contributed by atoms with E-state index in [2.05, 4.69) is 6.08 Å². The van der Waals surface area contributed by atoms with E-state index >= 15 is 0 Å². The molecule has 0 saturated carbocycles. The summed E-state index contributed by atoms with van der Waals surface area (Å²) in [4.78, 5) is 12.0. The predicted octanol–water partition coefficient (Wildman–Crippen LogP) is 4.20. The van der Waals surface area contributed by atoms with Gasteiger partial charge in [-0.05, 0) is 36.3 Å². The van der Waals surface area contributed by atoms with Gasteiger partial charge in [0, 0.05) is 11.5 Å². The molecule has 1 atom stereocenters. The maximum absolute atomic E-state index is 12.0. The van der Waals surface area contributed by atoms with Crippen LogP contribution in [0.3, 0.4) is 0 Å². The number of fused-ring (bicyclic) bond motifs is 1. The molecule has 0 aromatic heterocycles. The summed E-state index contributed by atoms with van der Waals surface area (Å²) in [6.45, 7) is 2.65. The molecule has 0 fully saturated rings. The smallest absolute Gasteiger partial charge is 0.306 e. The Labute approximate surface area is 148 Å². The molecule has 0 amide bonds. The van der Waals surface area contributed by atoms with Crippen LogP contribution in [0.15, 0.2) is 48.5 Å². The molecule has 0 saturated heterocycles. The molecular weight excluding hydrogens is 316 g/mol. The van der Waals surface area contributed by atoms with Gasteiger partial charge in [-0.3, -0.25) is 4.79 Å². The average Bonchev–Trinajstić information content (AvgIpc) is 2.64. The lowest BCUT2D eigenvalue weighted by atomic mass is 9.86. The maximum Gasteiger partial charge on any atom is 0.306 e. The van der Waals surface area contributed by atoms with Gasteiger partial charge in [0.1, 0.15) is 11.5 Å². The second-order valence-corrected chi connectivity index (χ2v) is 5.89. The predicted molar refractivity (Wildman–Crippen MR) is 97.5 cm³/mol. The Bertz CT molecular complexity index is 765. The van der Waals surface area contributed by atoms with Crippen molar-refractivity contribution in [2.24, 2.45) is 5.92 Å². The lowest BCUT2D eigenvalue weighted by Gasteiger charge is -2.28. The Morgan fingerprint density at radius 3 is 2.76 bits per heavy atom. The van der Waals surface area contributed by atoms with Gasteiger partial charge in [-0.25, -0.2) is 0 Å². The minimum Gasteiger partial charge on any atom is -0.497 e. The molecule has 0 bridgehead atoms. The molecule has 0 N–H and O–H groups in total. The molecule has 2 aromatic rings. The topological polar surface area (TPSA) is 44.8 Å². The lowest BCUT2D eigenvalue weighted by molar-refractivity contribution is -0.144. The first-order valence-electron chi connectivity index (χ1n) is 8.44. The lowest BCUT2D eigenvalue weighted by Crippen LogP contribution is -2.23. The molecule has 3 rings (SSSR count). The fraction of sp³-hybridized carbons (Fsp3) is 0.286. The Kier molecular flexibility index (Phi) is 5.39. The van der Waals surface area contributed by atoms with Crippen LogP contribution in [0.4, 0.5) is 0 Å². The zero-order valence-corrected chi connectivity index (χ0v) is 14.5. The summed E-state index contributed by atoms with van der Waals surface area (Å²) in [6, 6.07) is 15.8. The third kappa shape index (κ3) is 4.02. The number of carbonyl (C=O) groups excluding carboxylic acids is 1. The van der Waals surface area contributed by atoms with Crippen molar-refractivity contribution in [2.75, 3.05) is 20.3 Å². The van der Waals surface area contributed by atoms with Crippen molar-refractivity contribution >= 4 is 17.6 Å². The number of esters is 1. The SMILES string of the molecule is CCOC(=O)CC1COc2ccc(OC)cc2/C1=C\c1ccccc1. The van der Waals surface area contributed by atoms with Crippen LogP contribution in [-0.2, 0) is 9.53 Å². The van der Waals surface area contributed by atoms with Crippen molar-refractivity contribution in [3.05, 3.63) is 59.7 Å². The molecule has 4 heteroatoms. The second kappa shape index (κ2) is 7.88. The largest absolute Gasteiger partial charge is 0.497 e. The maximum atomic E-state index is 12.0. The Morgan fingerprint density at radius 2 is 2.04 bits per heavy atom. The average molecular weight is 338 g/mol. The second-order valence-electron chi connectivity index (χ2n) is 5.89. The summed E-state index contributed by atoms with van der Waals surface area (Å²) in [5, 5.41) is 0. The number of hydrogen-bond acceptors (Lipinski definition) is 4. The quantitative estimate of drug-likeness (QED) is 0.767. The van der Waals surface area contributed by atoms with Crippen molar-refractivity contribution < 1.29 is 19.0 Å². The highest BCUT2D eigenvalue weighted by Gasteiger charge is 2.28. The fourth-order valence-corrected chi connectivity index (χ4v) is 3.00. The third-order valence-electron chi connectivity index (χ3n) is 4.22. The van der Waals surface area contributed by atoms with Gasteiger partial charge in [-0.1, -0.05) is 36.4 Å². The molecule has 2 aromatic carbocycles. The van der Waals surface area contributed by atoms with E-state index in [1.165, 1.54) is 0 Å². The molecule has 0 aliphatic carbocycles. The monoisotopic (exact) mass is 338 g/mol. The Hall–Kier alpha value is -2.75.